The summed E-state index contributed by atoms with van der Waals surface area (Å²) in [5.41, 5.74) is 4.26. The molecule has 3 rings (SSSR count). The van der Waals surface area contributed by atoms with Crippen LogP contribution in [0, 0.1) is 13.8 Å². The van der Waals surface area contributed by atoms with Gasteiger partial charge in [-0.1, -0.05) is 23.8 Å². The van der Waals surface area contributed by atoms with Crippen LogP contribution in [-0.4, -0.2) is 11.8 Å². The third-order valence-corrected chi connectivity index (χ3v) is 4.11. The summed E-state index contributed by atoms with van der Waals surface area (Å²) in [7, 11) is 0. The normalized spacial score (nSPS) is 13.6. The number of esters is 1. The fraction of sp³-hybridized carbons (Fsp3) is 0.263. The molecule has 3 heteroatoms. The van der Waals surface area contributed by atoms with Crippen LogP contribution in [0.25, 0.3) is 0 Å². The molecule has 0 heterocycles. The first-order chi connectivity index (χ1) is 10.6. The van der Waals surface area contributed by atoms with Crippen LogP contribution in [0.3, 0.4) is 0 Å². The maximum Gasteiger partial charge on any atom is 0.343 e. The molecule has 0 atom stereocenters. The highest BCUT2D eigenvalue weighted by molar-refractivity contribution is 6.02. The molecule has 0 N–H and O–H groups in total. The summed E-state index contributed by atoms with van der Waals surface area (Å²) >= 11 is 0. The van der Waals surface area contributed by atoms with Gasteiger partial charge in [0.2, 0.25) is 0 Å². The third-order valence-electron chi connectivity index (χ3n) is 4.11. The van der Waals surface area contributed by atoms with Gasteiger partial charge in [0.05, 0.1) is 11.1 Å². The van der Waals surface area contributed by atoms with E-state index in [-0.39, 0.29) is 5.78 Å². The van der Waals surface area contributed by atoms with E-state index in [9.17, 15) is 9.59 Å². The first-order valence-corrected chi connectivity index (χ1v) is 7.51. The Kier molecular flexibility index (Phi) is 3.80. The minimum Gasteiger partial charge on any atom is -0.422 e. The van der Waals surface area contributed by atoms with Crippen LogP contribution >= 0.6 is 0 Å². The fourth-order valence-corrected chi connectivity index (χ4v) is 2.84. The minimum absolute atomic E-state index is 0.0663. The Morgan fingerprint density at radius 3 is 2.45 bits per heavy atom. The van der Waals surface area contributed by atoms with Gasteiger partial charge in [-0.15, -0.1) is 0 Å². The summed E-state index contributed by atoms with van der Waals surface area (Å²) in [6.07, 6.45) is 2.25. The molecule has 0 unspecified atom stereocenters. The van der Waals surface area contributed by atoms with Gasteiger partial charge in [-0.05, 0) is 56.0 Å². The molecule has 0 bridgehead atoms. The van der Waals surface area contributed by atoms with E-state index < -0.39 is 5.97 Å². The molecule has 1 aliphatic carbocycles. The van der Waals surface area contributed by atoms with Crippen LogP contribution in [0.5, 0.6) is 5.75 Å². The van der Waals surface area contributed by atoms with Gasteiger partial charge < -0.3 is 4.74 Å². The summed E-state index contributed by atoms with van der Waals surface area (Å²) in [5.74, 6) is 0.0250. The average Bonchev–Trinajstić information content (AvgIpc) is 2.51. The monoisotopic (exact) mass is 294 g/mol. The van der Waals surface area contributed by atoms with E-state index in [1.807, 2.05) is 32.0 Å². The number of ether oxygens (including phenoxy) is 1. The van der Waals surface area contributed by atoms with Crippen LogP contribution in [0.1, 0.15) is 50.2 Å². The van der Waals surface area contributed by atoms with Crippen molar-refractivity contribution in [3.05, 3.63) is 64.2 Å². The van der Waals surface area contributed by atoms with Gasteiger partial charge in [0, 0.05) is 6.42 Å². The van der Waals surface area contributed by atoms with Crippen molar-refractivity contribution in [2.24, 2.45) is 0 Å². The molecule has 0 radical (unpaired) electrons. The summed E-state index contributed by atoms with van der Waals surface area (Å²) in [6.45, 7) is 3.95. The fourth-order valence-electron chi connectivity index (χ4n) is 2.84. The van der Waals surface area contributed by atoms with E-state index in [0.717, 1.165) is 29.5 Å². The molecule has 22 heavy (non-hydrogen) atoms. The van der Waals surface area contributed by atoms with Crippen molar-refractivity contribution >= 4 is 11.8 Å². The first kappa shape index (κ1) is 14.5. The van der Waals surface area contributed by atoms with E-state index in [4.69, 9.17) is 4.74 Å². The second-order valence-corrected chi connectivity index (χ2v) is 5.77. The number of fused-ring (bicyclic) bond motifs is 1. The molecule has 3 nitrogen and oxygen atoms in total. The van der Waals surface area contributed by atoms with E-state index in [2.05, 4.69) is 0 Å². The van der Waals surface area contributed by atoms with Crippen LogP contribution in [-0.2, 0) is 6.42 Å². The number of ketones is 1. The molecule has 0 amide bonds. The van der Waals surface area contributed by atoms with Crippen molar-refractivity contribution in [1.29, 1.82) is 0 Å². The Morgan fingerprint density at radius 1 is 1.00 bits per heavy atom. The van der Waals surface area contributed by atoms with Gasteiger partial charge in [-0.3, -0.25) is 4.79 Å². The highest BCUT2D eigenvalue weighted by Crippen LogP contribution is 2.32. The van der Waals surface area contributed by atoms with Gasteiger partial charge in [0.15, 0.2) is 5.78 Å². The van der Waals surface area contributed by atoms with Crippen molar-refractivity contribution in [3.8, 4) is 5.75 Å². The van der Waals surface area contributed by atoms with Gasteiger partial charge in [0.25, 0.3) is 0 Å². The molecule has 2 aromatic rings. The Labute approximate surface area is 129 Å². The second-order valence-electron chi connectivity index (χ2n) is 5.77. The minimum atomic E-state index is -0.426. The number of hydrogen-bond acceptors (Lipinski definition) is 3. The zero-order chi connectivity index (χ0) is 15.7. The van der Waals surface area contributed by atoms with Crippen molar-refractivity contribution in [2.45, 2.75) is 33.1 Å². The standard InChI is InChI=1S/C19H18O3/c1-12-6-9-14(10-7-12)19(21)22-17-11-8-13(2)15-4-3-5-16(20)18(15)17/h6-11H,3-5H2,1-2H3. The lowest BCUT2D eigenvalue weighted by molar-refractivity contribution is 0.0732. The van der Waals surface area contributed by atoms with Crippen molar-refractivity contribution in [2.75, 3.05) is 0 Å². The van der Waals surface area contributed by atoms with E-state index >= 15 is 0 Å². The molecule has 1 aliphatic rings. The van der Waals surface area contributed by atoms with Gasteiger partial charge in [-0.2, -0.15) is 0 Å². The Morgan fingerprint density at radius 2 is 1.73 bits per heavy atom. The molecule has 0 fully saturated rings. The highest BCUT2D eigenvalue weighted by Gasteiger charge is 2.24. The zero-order valence-electron chi connectivity index (χ0n) is 12.8. The quantitative estimate of drug-likeness (QED) is 0.620. The van der Waals surface area contributed by atoms with Gasteiger partial charge >= 0.3 is 5.97 Å². The van der Waals surface area contributed by atoms with E-state index in [1.54, 1.807) is 18.2 Å². The van der Waals surface area contributed by atoms with Crippen LogP contribution in [0.4, 0.5) is 0 Å². The molecule has 112 valence electrons. The second kappa shape index (κ2) is 5.76. The molecular weight excluding hydrogens is 276 g/mol. The lowest BCUT2D eigenvalue weighted by Crippen LogP contribution is -2.17. The summed E-state index contributed by atoms with van der Waals surface area (Å²) in [6, 6.07) is 10.8. The van der Waals surface area contributed by atoms with Crippen LogP contribution in [0.2, 0.25) is 0 Å². The number of aryl methyl sites for hydroxylation is 2. The SMILES string of the molecule is Cc1ccc(C(=O)Oc2ccc(C)c3c2C(=O)CCC3)cc1. The zero-order valence-corrected chi connectivity index (χ0v) is 12.8. The maximum atomic E-state index is 12.3. The van der Waals surface area contributed by atoms with E-state index in [0.29, 0.717) is 23.3 Å². The third kappa shape index (κ3) is 2.67. The molecule has 0 spiro atoms. The largest absolute Gasteiger partial charge is 0.422 e. The maximum absolute atomic E-state index is 12.3. The predicted molar refractivity (Wildman–Crippen MR) is 84.6 cm³/mol. The predicted octanol–water partition coefficient (Wildman–Crippen LogP) is 4.04. The lowest BCUT2D eigenvalue weighted by atomic mass is 9.87. The number of hydrogen-bond donors (Lipinski definition) is 0. The summed E-state index contributed by atoms with van der Waals surface area (Å²) in [4.78, 5) is 24.5. The van der Waals surface area contributed by atoms with Crippen molar-refractivity contribution in [3.63, 3.8) is 0 Å². The molecule has 0 saturated heterocycles. The molecular formula is C19H18O3. The van der Waals surface area contributed by atoms with Gasteiger partial charge in [0.1, 0.15) is 5.75 Å². The van der Waals surface area contributed by atoms with Crippen LogP contribution < -0.4 is 4.74 Å². The smallest absolute Gasteiger partial charge is 0.343 e. The van der Waals surface area contributed by atoms with Crippen molar-refractivity contribution in [1.82, 2.24) is 0 Å². The first-order valence-electron chi connectivity index (χ1n) is 7.51. The number of benzene rings is 2. The number of carbonyl (C=O) groups excluding carboxylic acids is 2. The van der Waals surface area contributed by atoms with E-state index in [1.165, 1.54) is 0 Å². The highest BCUT2D eigenvalue weighted by atomic mass is 16.5. The topological polar surface area (TPSA) is 43.4 Å². The molecule has 0 aliphatic heterocycles. The molecule has 0 aromatic heterocycles. The number of carbonyl (C=O) groups is 2. The number of Topliss-reactive ketones (excluding diaryl/α,β-unsaturated/α-hetero) is 1. The Bertz CT molecular complexity index is 742. The molecule has 2 aromatic carbocycles. The van der Waals surface area contributed by atoms with Gasteiger partial charge in [-0.25, -0.2) is 4.79 Å². The lowest BCUT2D eigenvalue weighted by Gasteiger charge is -2.20. The van der Waals surface area contributed by atoms with Crippen LogP contribution in [0.15, 0.2) is 36.4 Å². The summed E-state index contributed by atoms with van der Waals surface area (Å²) < 4.78 is 5.50. The average molecular weight is 294 g/mol. The Balaban J connectivity index is 1.94. The van der Waals surface area contributed by atoms with Crippen molar-refractivity contribution < 1.29 is 14.3 Å². The Hall–Kier alpha value is -2.42. The summed E-state index contributed by atoms with van der Waals surface area (Å²) in [5, 5.41) is 0. The number of rotatable bonds is 2. The molecule has 0 saturated carbocycles.